The molecule has 1 aromatic heterocycles. The maximum atomic E-state index is 11.7. The Labute approximate surface area is 127 Å². The highest BCUT2D eigenvalue weighted by atomic mass is 32.2. The summed E-state index contributed by atoms with van der Waals surface area (Å²) in [6.45, 7) is 4.18. The van der Waals surface area contributed by atoms with Crippen LogP contribution in [-0.4, -0.2) is 15.6 Å². The summed E-state index contributed by atoms with van der Waals surface area (Å²) >= 11 is 1.21. The fourth-order valence-corrected chi connectivity index (χ4v) is 2.95. The van der Waals surface area contributed by atoms with Gasteiger partial charge in [0.25, 0.3) is 5.91 Å². The molecule has 1 aliphatic heterocycles. The average molecular weight is 297 g/mol. The van der Waals surface area contributed by atoms with Crippen LogP contribution < -0.4 is 5.73 Å². The van der Waals surface area contributed by atoms with Crippen LogP contribution in [0.25, 0.3) is 11.8 Å². The van der Waals surface area contributed by atoms with Crippen LogP contribution in [0.15, 0.2) is 46.4 Å². The predicted octanol–water partition coefficient (Wildman–Crippen LogP) is 3.02. The summed E-state index contributed by atoms with van der Waals surface area (Å²) in [7, 11) is 0. The minimum absolute atomic E-state index is 0.272. The fraction of sp³-hybridized carbons (Fsp3) is 0.125. The van der Waals surface area contributed by atoms with Crippen molar-refractivity contribution in [2.45, 2.75) is 13.8 Å². The van der Waals surface area contributed by atoms with Crippen LogP contribution in [0.3, 0.4) is 0 Å². The lowest BCUT2D eigenvalue weighted by atomic mass is 10.1. The van der Waals surface area contributed by atoms with Gasteiger partial charge >= 0.3 is 0 Å². The van der Waals surface area contributed by atoms with Crippen LogP contribution in [0.4, 0.5) is 0 Å². The molecule has 0 spiro atoms. The molecule has 0 saturated carbocycles. The van der Waals surface area contributed by atoms with Crippen molar-refractivity contribution in [2.24, 2.45) is 10.7 Å². The lowest BCUT2D eigenvalue weighted by Gasteiger charge is -2.12. The third kappa shape index (κ3) is 2.52. The summed E-state index contributed by atoms with van der Waals surface area (Å²) in [5.41, 5.74) is 10.1. The Kier molecular flexibility index (Phi) is 3.43. The van der Waals surface area contributed by atoms with Gasteiger partial charge in [0.05, 0.1) is 4.91 Å². The van der Waals surface area contributed by atoms with Crippen LogP contribution in [-0.2, 0) is 4.79 Å². The molecule has 4 nitrogen and oxygen atoms in total. The van der Waals surface area contributed by atoms with E-state index in [4.69, 9.17) is 5.73 Å². The molecule has 1 amide bonds. The van der Waals surface area contributed by atoms with Gasteiger partial charge in [-0.2, -0.15) is 4.99 Å². The van der Waals surface area contributed by atoms with E-state index in [1.807, 2.05) is 30.5 Å². The molecule has 0 radical (unpaired) electrons. The molecule has 0 fully saturated rings. The zero-order chi connectivity index (χ0) is 15.0. The first-order chi connectivity index (χ1) is 10.1. The van der Waals surface area contributed by atoms with E-state index in [0.29, 0.717) is 10.1 Å². The molecule has 0 atom stereocenters. The van der Waals surface area contributed by atoms with E-state index in [1.54, 1.807) is 0 Å². The highest BCUT2D eigenvalue weighted by Crippen LogP contribution is 2.28. The molecule has 1 aromatic carbocycles. The Bertz CT molecular complexity index is 787. The van der Waals surface area contributed by atoms with E-state index in [9.17, 15) is 4.79 Å². The molecule has 0 aliphatic carbocycles. The van der Waals surface area contributed by atoms with Gasteiger partial charge in [0, 0.05) is 17.6 Å². The molecule has 0 unspecified atom stereocenters. The first kappa shape index (κ1) is 13.7. The number of amides is 1. The summed E-state index contributed by atoms with van der Waals surface area (Å²) < 4.78 is 2.07. The highest BCUT2D eigenvalue weighted by molar-refractivity contribution is 8.18. The maximum absolute atomic E-state index is 11.7. The SMILES string of the molecule is Cc1cccc(-n2cccc2C=C2SC(N)=NC2=O)c1C. The van der Waals surface area contributed by atoms with E-state index in [0.717, 1.165) is 11.4 Å². The number of hydrogen-bond acceptors (Lipinski definition) is 3. The zero-order valence-corrected chi connectivity index (χ0v) is 12.6. The summed E-state index contributed by atoms with van der Waals surface area (Å²) in [6, 6.07) is 10.1. The number of amidine groups is 1. The monoisotopic (exact) mass is 297 g/mol. The molecular formula is C16H15N3OS. The minimum atomic E-state index is -0.272. The van der Waals surface area contributed by atoms with Gasteiger partial charge in [-0.15, -0.1) is 0 Å². The summed E-state index contributed by atoms with van der Waals surface area (Å²) in [6.07, 6.45) is 3.82. The summed E-state index contributed by atoms with van der Waals surface area (Å²) in [5.74, 6) is -0.272. The topological polar surface area (TPSA) is 60.4 Å². The standard InChI is InChI=1S/C16H15N3OS/c1-10-5-3-7-13(11(10)2)19-8-4-6-12(19)9-14-15(20)18-16(17)21-14/h3-9H,1-2H3,(H2,17,18,20). The van der Waals surface area contributed by atoms with E-state index in [2.05, 4.69) is 35.5 Å². The molecule has 0 saturated heterocycles. The van der Waals surface area contributed by atoms with Crippen molar-refractivity contribution in [3.05, 3.63) is 58.3 Å². The Morgan fingerprint density at radius 2 is 2.05 bits per heavy atom. The second-order valence-electron chi connectivity index (χ2n) is 4.89. The second kappa shape index (κ2) is 5.26. The molecule has 21 heavy (non-hydrogen) atoms. The van der Waals surface area contributed by atoms with Crippen molar-refractivity contribution in [1.29, 1.82) is 0 Å². The number of aromatic nitrogens is 1. The van der Waals surface area contributed by atoms with Gasteiger partial charge < -0.3 is 10.3 Å². The number of rotatable bonds is 2. The van der Waals surface area contributed by atoms with Crippen molar-refractivity contribution >= 4 is 28.9 Å². The normalized spacial score (nSPS) is 16.6. The molecule has 0 bridgehead atoms. The molecule has 2 aromatic rings. The molecule has 1 aliphatic rings. The third-order valence-corrected chi connectivity index (χ3v) is 4.34. The minimum Gasteiger partial charge on any atom is -0.378 e. The summed E-state index contributed by atoms with van der Waals surface area (Å²) in [5, 5.41) is 0.302. The van der Waals surface area contributed by atoms with Crippen LogP contribution in [0.5, 0.6) is 0 Å². The van der Waals surface area contributed by atoms with Crippen LogP contribution in [0.2, 0.25) is 0 Å². The average Bonchev–Trinajstić information content (AvgIpc) is 3.01. The van der Waals surface area contributed by atoms with Crippen molar-refractivity contribution in [3.63, 3.8) is 0 Å². The molecule has 3 rings (SSSR count). The quantitative estimate of drug-likeness (QED) is 0.867. The number of aryl methyl sites for hydroxylation is 1. The Morgan fingerprint density at radius 1 is 1.24 bits per heavy atom. The van der Waals surface area contributed by atoms with Crippen molar-refractivity contribution in [1.82, 2.24) is 4.57 Å². The zero-order valence-electron chi connectivity index (χ0n) is 11.8. The first-order valence-electron chi connectivity index (χ1n) is 6.58. The molecular weight excluding hydrogens is 282 g/mol. The number of carbonyl (C=O) groups is 1. The van der Waals surface area contributed by atoms with E-state index >= 15 is 0 Å². The van der Waals surface area contributed by atoms with Crippen molar-refractivity contribution in [3.8, 4) is 5.69 Å². The number of nitrogens with zero attached hydrogens (tertiary/aromatic N) is 2. The van der Waals surface area contributed by atoms with Gasteiger partial charge in [-0.3, -0.25) is 4.79 Å². The number of thioether (sulfide) groups is 1. The third-order valence-electron chi connectivity index (χ3n) is 3.53. The highest BCUT2D eigenvalue weighted by Gasteiger charge is 2.20. The molecule has 5 heteroatoms. The van der Waals surface area contributed by atoms with Crippen molar-refractivity contribution in [2.75, 3.05) is 0 Å². The Hall–Kier alpha value is -2.27. The van der Waals surface area contributed by atoms with Gasteiger partial charge in [0.15, 0.2) is 5.17 Å². The smallest absolute Gasteiger partial charge is 0.286 e. The van der Waals surface area contributed by atoms with Gasteiger partial charge in [-0.25, -0.2) is 0 Å². The lowest BCUT2D eigenvalue weighted by molar-refractivity contribution is -0.113. The number of carbonyl (C=O) groups excluding carboxylic acids is 1. The summed E-state index contributed by atoms with van der Waals surface area (Å²) in [4.78, 5) is 16.0. The lowest BCUT2D eigenvalue weighted by Crippen LogP contribution is -2.01. The first-order valence-corrected chi connectivity index (χ1v) is 7.40. The Balaban J connectivity index is 2.05. The maximum Gasteiger partial charge on any atom is 0.286 e. The number of nitrogens with two attached hydrogens (primary N) is 1. The fourth-order valence-electron chi connectivity index (χ4n) is 2.29. The van der Waals surface area contributed by atoms with Crippen LogP contribution in [0, 0.1) is 13.8 Å². The molecule has 106 valence electrons. The van der Waals surface area contributed by atoms with Gasteiger partial charge in [-0.1, -0.05) is 12.1 Å². The largest absolute Gasteiger partial charge is 0.378 e. The van der Waals surface area contributed by atoms with Gasteiger partial charge in [-0.05, 0) is 61.0 Å². The number of aliphatic imine (C=N–C) groups is 1. The Morgan fingerprint density at radius 3 is 2.76 bits per heavy atom. The number of hydrogen-bond donors (Lipinski definition) is 1. The van der Waals surface area contributed by atoms with Crippen LogP contribution in [0.1, 0.15) is 16.8 Å². The van der Waals surface area contributed by atoms with Crippen LogP contribution >= 0.6 is 11.8 Å². The predicted molar refractivity (Wildman–Crippen MR) is 87.4 cm³/mol. The van der Waals surface area contributed by atoms with E-state index in [-0.39, 0.29) is 5.91 Å². The van der Waals surface area contributed by atoms with Crippen molar-refractivity contribution < 1.29 is 4.79 Å². The van der Waals surface area contributed by atoms with Gasteiger partial charge in [0.1, 0.15) is 0 Å². The molecule has 2 N–H and O–H groups in total. The second-order valence-corrected chi connectivity index (χ2v) is 5.95. The number of benzene rings is 1. The van der Waals surface area contributed by atoms with E-state index in [1.165, 1.54) is 22.9 Å². The van der Waals surface area contributed by atoms with E-state index < -0.39 is 0 Å². The van der Waals surface area contributed by atoms with Gasteiger partial charge in [0.2, 0.25) is 0 Å². The molecule has 2 heterocycles.